The van der Waals surface area contributed by atoms with Gasteiger partial charge in [-0.25, -0.2) is 9.37 Å². The molecule has 0 saturated carbocycles. The molecule has 0 radical (unpaired) electrons. The second-order valence-corrected chi connectivity index (χ2v) is 6.55. The molecule has 1 aliphatic rings. The number of anilines is 2. The number of amides is 2. The van der Waals surface area contributed by atoms with Gasteiger partial charge in [0.15, 0.2) is 17.3 Å². The van der Waals surface area contributed by atoms with Crippen molar-refractivity contribution in [2.45, 2.75) is 32.7 Å². The van der Waals surface area contributed by atoms with Gasteiger partial charge in [-0.2, -0.15) is 0 Å². The minimum atomic E-state index is -0.565. The molecule has 8 nitrogen and oxygen atoms in total. The van der Waals surface area contributed by atoms with Crippen LogP contribution in [0.2, 0.25) is 0 Å². The Morgan fingerprint density at radius 3 is 2.75 bits per heavy atom. The number of hydrogen-bond donors (Lipinski definition) is 2. The maximum atomic E-state index is 13.9. The maximum absolute atomic E-state index is 13.9. The van der Waals surface area contributed by atoms with Crippen LogP contribution in [-0.4, -0.2) is 26.5 Å². The molecule has 0 aliphatic carbocycles. The molecule has 1 aromatic carbocycles. The number of imidazole rings is 1. The lowest BCUT2D eigenvalue weighted by Gasteiger charge is -2.17. The zero-order valence-corrected chi connectivity index (χ0v) is 15.2. The van der Waals surface area contributed by atoms with E-state index in [-0.39, 0.29) is 23.0 Å². The van der Waals surface area contributed by atoms with Gasteiger partial charge >= 0.3 is 0 Å². The van der Waals surface area contributed by atoms with E-state index in [0.717, 1.165) is 12.8 Å². The average Bonchev–Trinajstić information content (AvgIpc) is 3.27. The van der Waals surface area contributed by atoms with E-state index in [1.54, 1.807) is 23.6 Å². The lowest BCUT2D eigenvalue weighted by molar-refractivity contribution is 0.101. The Balaban J connectivity index is 1.64. The number of aromatic nitrogens is 3. The zero-order valence-electron chi connectivity index (χ0n) is 15.2. The predicted molar refractivity (Wildman–Crippen MR) is 98.7 cm³/mol. The Kier molecular flexibility index (Phi) is 4.64. The summed E-state index contributed by atoms with van der Waals surface area (Å²) in [5.41, 5.74) is 0.909. The van der Waals surface area contributed by atoms with Crippen LogP contribution in [0.3, 0.4) is 0 Å². The van der Waals surface area contributed by atoms with Crippen molar-refractivity contribution in [1.29, 1.82) is 0 Å². The first-order valence-corrected chi connectivity index (χ1v) is 8.93. The average molecular weight is 383 g/mol. The number of benzene rings is 1. The fraction of sp³-hybridized carbons (Fsp3) is 0.263. The number of carbonyl (C=O) groups excluding carboxylic acids is 2. The van der Waals surface area contributed by atoms with Gasteiger partial charge in [0, 0.05) is 12.6 Å². The van der Waals surface area contributed by atoms with Crippen molar-refractivity contribution in [3.63, 3.8) is 0 Å². The topological polar surface area (TPSA) is 102 Å². The summed E-state index contributed by atoms with van der Waals surface area (Å²) in [6, 6.07) is 7.48. The largest absolute Gasteiger partial charge is 0.360 e. The molecule has 0 saturated heterocycles. The first kappa shape index (κ1) is 17.9. The predicted octanol–water partition coefficient (Wildman–Crippen LogP) is 3.16. The molecule has 2 amide bonds. The Morgan fingerprint density at radius 1 is 1.18 bits per heavy atom. The van der Waals surface area contributed by atoms with Gasteiger partial charge in [-0.05, 0) is 38.3 Å². The van der Waals surface area contributed by atoms with E-state index < -0.39 is 17.6 Å². The minimum Gasteiger partial charge on any atom is -0.360 e. The lowest BCUT2D eigenvalue weighted by atomic mass is 10.1. The molecule has 0 spiro atoms. The number of hydrogen-bond acceptors (Lipinski definition) is 5. The highest BCUT2D eigenvalue weighted by atomic mass is 19.1. The van der Waals surface area contributed by atoms with Crippen molar-refractivity contribution in [1.82, 2.24) is 14.7 Å². The molecule has 2 N–H and O–H groups in total. The summed E-state index contributed by atoms with van der Waals surface area (Å²) in [5, 5.41) is 8.89. The van der Waals surface area contributed by atoms with E-state index in [1.165, 1.54) is 18.2 Å². The van der Waals surface area contributed by atoms with E-state index >= 15 is 0 Å². The van der Waals surface area contributed by atoms with Crippen LogP contribution in [0.15, 0.2) is 34.9 Å². The van der Waals surface area contributed by atoms with Gasteiger partial charge in [0.05, 0.1) is 11.4 Å². The molecule has 3 heterocycles. The summed E-state index contributed by atoms with van der Waals surface area (Å²) in [7, 11) is 0. The van der Waals surface area contributed by atoms with Crippen LogP contribution in [0.4, 0.5) is 15.9 Å². The number of nitrogens with zero attached hydrogens (tertiary/aromatic N) is 3. The fourth-order valence-corrected chi connectivity index (χ4v) is 3.24. The summed E-state index contributed by atoms with van der Waals surface area (Å²) in [6.07, 6.45) is 2.39. The molecular weight excluding hydrogens is 365 g/mol. The molecular formula is C19H18FN5O3. The first-order chi connectivity index (χ1) is 13.5. The van der Waals surface area contributed by atoms with Crippen molar-refractivity contribution >= 4 is 23.3 Å². The minimum absolute atomic E-state index is 0.0599. The summed E-state index contributed by atoms with van der Waals surface area (Å²) < 4.78 is 20.5. The van der Waals surface area contributed by atoms with Crippen LogP contribution >= 0.6 is 0 Å². The quantitative estimate of drug-likeness (QED) is 0.721. The highest BCUT2D eigenvalue weighted by molar-refractivity contribution is 6.06. The third kappa shape index (κ3) is 3.38. The van der Waals surface area contributed by atoms with Crippen LogP contribution in [0, 0.1) is 12.7 Å². The lowest BCUT2D eigenvalue weighted by Crippen LogP contribution is -2.21. The molecule has 144 valence electrons. The Morgan fingerprint density at radius 2 is 2.00 bits per heavy atom. The Bertz CT molecular complexity index is 1060. The number of nitrogens with one attached hydrogen (secondary N) is 2. The van der Waals surface area contributed by atoms with Gasteiger partial charge in [0.1, 0.15) is 11.6 Å². The molecule has 1 aliphatic heterocycles. The maximum Gasteiger partial charge on any atom is 0.291 e. The first-order valence-electron chi connectivity index (χ1n) is 8.93. The van der Waals surface area contributed by atoms with Gasteiger partial charge < -0.3 is 19.7 Å². The Hall–Kier alpha value is -3.49. The smallest absolute Gasteiger partial charge is 0.291 e. The van der Waals surface area contributed by atoms with Crippen LogP contribution in [0.25, 0.3) is 0 Å². The molecule has 4 rings (SSSR count). The van der Waals surface area contributed by atoms with E-state index in [0.29, 0.717) is 24.4 Å². The summed E-state index contributed by atoms with van der Waals surface area (Å²) >= 11 is 0. The highest BCUT2D eigenvalue weighted by Crippen LogP contribution is 2.23. The third-order valence-corrected chi connectivity index (χ3v) is 4.53. The SMILES string of the molecule is Cc1cc(NC(=O)c2nc(C(=O)Nc3ccccc3F)n3c2CCCC3)no1. The Labute approximate surface area is 159 Å². The molecule has 0 atom stereocenters. The molecule has 0 fully saturated rings. The number of para-hydroxylation sites is 1. The van der Waals surface area contributed by atoms with Crippen LogP contribution in [-0.2, 0) is 13.0 Å². The van der Waals surface area contributed by atoms with E-state index in [1.807, 2.05) is 0 Å². The van der Waals surface area contributed by atoms with Gasteiger partial charge in [0.2, 0.25) is 0 Å². The number of fused-ring (bicyclic) bond motifs is 1. The summed E-state index contributed by atoms with van der Waals surface area (Å²) in [4.78, 5) is 29.7. The third-order valence-electron chi connectivity index (χ3n) is 4.53. The van der Waals surface area contributed by atoms with Crippen LogP contribution in [0.1, 0.15) is 45.4 Å². The van der Waals surface area contributed by atoms with E-state index in [4.69, 9.17) is 4.52 Å². The van der Waals surface area contributed by atoms with Gasteiger partial charge in [-0.15, -0.1) is 0 Å². The number of carbonyl (C=O) groups is 2. The second kappa shape index (κ2) is 7.26. The highest BCUT2D eigenvalue weighted by Gasteiger charge is 2.28. The molecule has 9 heteroatoms. The van der Waals surface area contributed by atoms with Crippen LogP contribution in [0.5, 0.6) is 0 Å². The van der Waals surface area contributed by atoms with Crippen molar-refractivity contribution in [2.75, 3.05) is 10.6 Å². The normalized spacial score (nSPS) is 13.1. The molecule has 0 bridgehead atoms. The van der Waals surface area contributed by atoms with Gasteiger partial charge in [-0.3, -0.25) is 9.59 Å². The zero-order chi connectivity index (χ0) is 19.7. The van der Waals surface area contributed by atoms with Crippen molar-refractivity contribution < 1.29 is 18.5 Å². The van der Waals surface area contributed by atoms with Crippen molar-refractivity contribution in [3.8, 4) is 0 Å². The van der Waals surface area contributed by atoms with Gasteiger partial charge in [0.25, 0.3) is 11.8 Å². The monoisotopic (exact) mass is 383 g/mol. The van der Waals surface area contributed by atoms with E-state index in [2.05, 4.69) is 20.8 Å². The summed E-state index contributed by atoms with van der Waals surface area (Å²) in [5.74, 6) is -0.655. The number of rotatable bonds is 4. The van der Waals surface area contributed by atoms with Gasteiger partial charge in [-0.1, -0.05) is 17.3 Å². The van der Waals surface area contributed by atoms with Crippen molar-refractivity contribution in [2.24, 2.45) is 0 Å². The second-order valence-electron chi connectivity index (χ2n) is 6.55. The standard InChI is InChI=1S/C19H18FN5O3/c1-11-10-15(24-28-11)22-18(26)16-14-8-4-5-9-25(14)17(23-16)19(27)21-13-7-3-2-6-12(13)20/h2-3,6-7,10H,4-5,8-9H2,1H3,(H,21,27)(H,22,24,26). The molecule has 3 aromatic rings. The molecule has 2 aromatic heterocycles. The number of halogens is 1. The van der Waals surface area contributed by atoms with E-state index in [9.17, 15) is 14.0 Å². The van der Waals surface area contributed by atoms with Crippen LogP contribution < -0.4 is 10.6 Å². The molecule has 28 heavy (non-hydrogen) atoms. The van der Waals surface area contributed by atoms with Crippen molar-refractivity contribution in [3.05, 3.63) is 59.1 Å². The fourth-order valence-electron chi connectivity index (χ4n) is 3.24. The summed E-state index contributed by atoms with van der Waals surface area (Å²) in [6.45, 7) is 2.28. The molecule has 0 unspecified atom stereocenters. The number of aryl methyl sites for hydroxylation is 1.